The Kier molecular flexibility index (Phi) is 4.46. The third-order valence-electron chi connectivity index (χ3n) is 2.60. The number of carbonyl (C=O) groups excluding carboxylic acids is 1. The third-order valence-corrected chi connectivity index (χ3v) is 3.71. The van der Waals surface area contributed by atoms with E-state index in [1.54, 1.807) is 12.1 Å². The Morgan fingerprint density at radius 2 is 1.63 bits per heavy atom. The smallest absolute Gasteiger partial charge is 0.167 e. The van der Waals surface area contributed by atoms with Gasteiger partial charge >= 0.3 is 0 Å². The van der Waals surface area contributed by atoms with Gasteiger partial charge in [0.25, 0.3) is 0 Å². The minimum absolute atomic E-state index is 0.00849. The van der Waals surface area contributed by atoms with Crippen molar-refractivity contribution in [2.75, 3.05) is 0 Å². The van der Waals surface area contributed by atoms with Crippen LogP contribution in [0.2, 0.25) is 15.1 Å². The summed E-state index contributed by atoms with van der Waals surface area (Å²) < 4.78 is 13.1. The molecule has 0 N–H and O–H groups in total. The second-order valence-electron chi connectivity index (χ2n) is 3.96. The Morgan fingerprint density at radius 3 is 2.32 bits per heavy atom. The largest absolute Gasteiger partial charge is 0.294 e. The van der Waals surface area contributed by atoms with Crippen LogP contribution in [0, 0.1) is 5.82 Å². The monoisotopic (exact) mass is 316 g/mol. The second kappa shape index (κ2) is 5.91. The first kappa shape index (κ1) is 14.3. The highest BCUT2D eigenvalue weighted by Gasteiger charge is 2.12. The number of hydrogen-bond acceptors (Lipinski definition) is 1. The first-order chi connectivity index (χ1) is 8.97. The molecule has 0 aliphatic rings. The van der Waals surface area contributed by atoms with Gasteiger partial charge in [-0.25, -0.2) is 4.39 Å². The first-order valence-electron chi connectivity index (χ1n) is 5.39. The van der Waals surface area contributed by atoms with Gasteiger partial charge in [0.05, 0.1) is 10.0 Å². The Morgan fingerprint density at radius 1 is 0.947 bits per heavy atom. The van der Waals surface area contributed by atoms with Gasteiger partial charge in [0.2, 0.25) is 0 Å². The molecule has 98 valence electrons. The van der Waals surface area contributed by atoms with Gasteiger partial charge in [-0.2, -0.15) is 0 Å². The fourth-order valence-corrected chi connectivity index (χ4v) is 2.11. The highest BCUT2D eigenvalue weighted by atomic mass is 35.5. The van der Waals surface area contributed by atoms with E-state index in [1.165, 1.54) is 24.3 Å². The zero-order chi connectivity index (χ0) is 14.0. The summed E-state index contributed by atoms with van der Waals surface area (Å²) in [7, 11) is 0. The van der Waals surface area contributed by atoms with E-state index in [0.29, 0.717) is 26.2 Å². The predicted octanol–water partition coefficient (Wildman–Crippen LogP) is 5.21. The Labute approximate surface area is 124 Å². The van der Waals surface area contributed by atoms with E-state index in [-0.39, 0.29) is 12.2 Å². The molecular formula is C14H8Cl3FO. The summed E-state index contributed by atoms with van der Waals surface area (Å²) >= 11 is 17.5. The van der Waals surface area contributed by atoms with Crippen LogP contribution in [0.15, 0.2) is 36.4 Å². The fraction of sp³-hybridized carbons (Fsp3) is 0.0714. The molecule has 0 fully saturated rings. The summed E-state index contributed by atoms with van der Waals surface area (Å²) in [5.74, 6) is -0.632. The van der Waals surface area contributed by atoms with Crippen LogP contribution in [-0.2, 0) is 6.42 Å². The zero-order valence-corrected chi connectivity index (χ0v) is 11.9. The normalized spacial score (nSPS) is 10.5. The van der Waals surface area contributed by atoms with Crippen molar-refractivity contribution in [3.8, 4) is 0 Å². The SMILES string of the molecule is O=C(Cc1cc(F)ccc1Cl)c1ccc(Cl)c(Cl)c1. The number of hydrogen-bond donors (Lipinski definition) is 0. The maximum Gasteiger partial charge on any atom is 0.167 e. The summed E-state index contributed by atoms with van der Waals surface area (Å²) in [6, 6.07) is 8.52. The molecule has 1 nitrogen and oxygen atoms in total. The lowest BCUT2D eigenvalue weighted by atomic mass is 10.0. The minimum Gasteiger partial charge on any atom is -0.294 e. The first-order valence-corrected chi connectivity index (χ1v) is 6.53. The number of ketones is 1. The standard InChI is InChI=1S/C14H8Cl3FO/c15-11-4-2-10(18)5-9(11)7-14(19)8-1-3-12(16)13(17)6-8/h1-6H,7H2. The lowest BCUT2D eigenvalue weighted by Gasteiger charge is -2.05. The summed E-state index contributed by atoms with van der Waals surface area (Å²) in [4.78, 5) is 12.1. The summed E-state index contributed by atoms with van der Waals surface area (Å²) in [6.07, 6.45) is 0.00849. The molecule has 0 spiro atoms. The van der Waals surface area contributed by atoms with Crippen molar-refractivity contribution >= 4 is 40.6 Å². The lowest BCUT2D eigenvalue weighted by molar-refractivity contribution is 0.0993. The summed E-state index contributed by atoms with van der Waals surface area (Å²) in [5.41, 5.74) is 0.854. The van der Waals surface area contributed by atoms with E-state index in [1.807, 2.05) is 0 Å². The van der Waals surface area contributed by atoms with Gasteiger partial charge in [0.15, 0.2) is 5.78 Å². The number of halogens is 4. The Hall–Kier alpha value is -1.09. The molecule has 0 aliphatic carbocycles. The molecule has 0 aromatic heterocycles. The topological polar surface area (TPSA) is 17.1 Å². The molecule has 2 aromatic carbocycles. The van der Waals surface area contributed by atoms with Gasteiger partial charge in [-0.3, -0.25) is 4.79 Å². The Balaban J connectivity index is 2.25. The zero-order valence-electron chi connectivity index (χ0n) is 9.59. The highest BCUT2D eigenvalue weighted by Crippen LogP contribution is 2.24. The van der Waals surface area contributed by atoms with Gasteiger partial charge in [0.1, 0.15) is 5.82 Å². The van der Waals surface area contributed by atoms with Crippen LogP contribution in [0.25, 0.3) is 0 Å². The van der Waals surface area contributed by atoms with Gasteiger partial charge in [0, 0.05) is 17.0 Å². The maximum atomic E-state index is 13.1. The molecule has 2 rings (SSSR count). The molecule has 0 amide bonds. The van der Waals surface area contributed by atoms with Crippen LogP contribution in [0.1, 0.15) is 15.9 Å². The van der Waals surface area contributed by atoms with E-state index in [9.17, 15) is 9.18 Å². The van der Waals surface area contributed by atoms with E-state index < -0.39 is 5.82 Å². The van der Waals surface area contributed by atoms with E-state index in [2.05, 4.69) is 0 Å². The van der Waals surface area contributed by atoms with Crippen LogP contribution in [-0.4, -0.2) is 5.78 Å². The van der Waals surface area contributed by atoms with Crippen molar-refractivity contribution in [1.82, 2.24) is 0 Å². The molecule has 2 aromatic rings. The molecule has 0 aliphatic heterocycles. The predicted molar refractivity (Wildman–Crippen MR) is 75.9 cm³/mol. The van der Waals surface area contributed by atoms with Crippen LogP contribution in [0.3, 0.4) is 0 Å². The summed E-state index contributed by atoms with van der Waals surface area (Å²) in [5, 5.41) is 1.04. The minimum atomic E-state index is -0.429. The van der Waals surface area contributed by atoms with Crippen LogP contribution in [0.4, 0.5) is 4.39 Å². The molecule has 19 heavy (non-hydrogen) atoms. The number of rotatable bonds is 3. The molecule has 0 saturated heterocycles. The van der Waals surface area contributed by atoms with Crippen LogP contribution >= 0.6 is 34.8 Å². The van der Waals surface area contributed by atoms with Crippen molar-refractivity contribution < 1.29 is 9.18 Å². The summed E-state index contributed by atoms with van der Waals surface area (Å²) in [6.45, 7) is 0. The van der Waals surface area contributed by atoms with Crippen molar-refractivity contribution in [2.24, 2.45) is 0 Å². The van der Waals surface area contributed by atoms with Gasteiger partial charge in [-0.1, -0.05) is 34.8 Å². The van der Waals surface area contributed by atoms with Gasteiger partial charge < -0.3 is 0 Å². The fourth-order valence-electron chi connectivity index (χ4n) is 1.62. The molecule has 5 heteroatoms. The van der Waals surface area contributed by atoms with Crippen molar-refractivity contribution in [1.29, 1.82) is 0 Å². The van der Waals surface area contributed by atoms with E-state index in [4.69, 9.17) is 34.8 Å². The number of benzene rings is 2. The average molecular weight is 318 g/mol. The molecular weight excluding hydrogens is 310 g/mol. The van der Waals surface area contributed by atoms with Crippen LogP contribution < -0.4 is 0 Å². The van der Waals surface area contributed by atoms with E-state index >= 15 is 0 Å². The molecule has 0 atom stereocenters. The van der Waals surface area contributed by atoms with E-state index in [0.717, 1.165) is 0 Å². The highest BCUT2D eigenvalue weighted by molar-refractivity contribution is 6.42. The maximum absolute atomic E-state index is 13.1. The number of carbonyl (C=O) groups is 1. The third kappa shape index (κ3) is 3.47. The van der Waals surface area contributed by atoms with Gasteiger partial charge in [-0.05, 0) is 42.0 Å². The van der Waals surface area contributed by atoms with Crippen molar-refractivity contribution in [3.63, 3.8) is 0 Å². The molecule has 0 unspecified atom stereocenters. The lowest BCUT2D eigenvalue weighted by Crippen LogP contribution is -2.04. The Bertz CT molecular complexity index is 641. The van der Waals surface area contributed by atoms with Crippen molar-refractivity contribution in [3.05, 3.63) is 68.4 Å². The molecule has 0 bridgehead atoms. The second-order valence-corrected chi connectivity index (χ2v) is 5.19. The number of Topliss-reactive ketones (excluding diaryl/α,β-unsaturated/α-hetero) is 1. The average Bonchev–Trinajstić information content (AvgIpc) is 2.37. The van der Waals surface area contributed by atoms with Crippen molar-refractivity contribution in [2.45, 2.75) is 6.42 Å². The molecule has 0 saturated carbocycles. The van der Waals surface area contributed by atoms with Gasteiger partial charge in [-0.15, -0.1) is 0 Å². The molecule has 0 radical (unpaired) electrons. The quantitative estimate of drug-likeness (QED) is 0.710. The van der Waals surface area contributed by atoms with Crippen LogP contribution in [0.5, 0.6) is 0 Å². The molecule has 0 heterocycles.